The monoisotopic (exact) mass is 430 g/mol. The van der Waals surface area contributed by atoms with E-state index in [0.29, 0.717) is 16.7 Å². The number of carbonyl (C=O) groups is 2. The van der Waals surface area contributed by atoms with Crippen molar-refractivity contribution in [2.75, 3.05) is 0 Å². The molecule has 5 nitrogen and oxygen atoms in total. The lowest BCUT2D eigenvalue weighted by Crippen LogP contribution is -2.23. The lowest BCUT2D eigenvalue weighted by atomic mass is 10.2. The van der Waals surface area contributed by atoms with Gasteiger partial charge in [-0.25, -0.2) is 0 Å². The van der Waals surface area contributed by atoms with E-state index in [1.807, 2.05) is 48.5 Å². The van der Waals surface area contributed by atoms with Crippen LogP contribution in [0.3, 0.4) is 0 Å². The van der Waals surface area contributed by atoms with Gasteiger partial charge in [0.1, 0.15) is 12.4 Å². The van der Waals surface area contributed by atoms with Crippen molar-refractivity contribution in [3.8, 4) is 5.75 Å². The highest BCUT2D eigenvalue weighted by Crippen LogP contribution is 2.31. The SMILES string of the molecule is CC(=O)NC1=NC(=O)/C(=C\c2ccc(OCc3ccccc3)c(Br)c2)S1. The standard InChI is InChI=1S/C19H15BrN2O3S/c1-12(23)21-19-22-18(24)17(26-19)10-14-7-8-16(15(20)9-14)25-11-13-5-3-2-4-6-13/h2-10H,11H2,1H3,(H,21,22,23,24)/b17-10+. The van der Waals surface area contributed by atoms with E-state index >= 15 is 0 Å². The second-order valence-electron chi connectivity index (χ2n) is 5.48. The van der Waals surface area contributed by atoms with E-state index in [2.05, 4.69) is 26.2 Å². The van der Waals surface area contributed by atoms with Crippen LogP contribution in [0, 0.1) is 0 Å². The van der Waals surface area contributed by atoms with Gasteiger partial charge in [-0.1, -0.05) is 36.4 Å². The minimum absolute atomic E-state index is 0.257. The van der Waals surface area contributed by atoms with E-state index in [1.165, 1.54) is 6.92 Å². The molecule has 0 saturated carbocycles. The average Bonchev–Trinajstić information content (AvgIpc) is 2.93. The Kier molecular flexibility index (Phi) is 5.90. The topological polar surface area (TPSA) is 67.8 Å². The molecule has 0 saturated heterocycles. The number of aliphatic imine (C=N–C) groups is 1. The lowest BCUT2D eigenvalue weighted by molar-refractivity contribution is -0.117. The van der Waals surface area contributed by atoms with Gasteiger partial charge < -0.3 is 10.1 Å². The van der Waals surface area contributed by atoms with Gasteiger partial charge in [0.05, 0.1) is 9.38 Å². The van der Waals surface area contributed by atoms with Crippen molar-refractivity contribution < 1.29 is 14.3 Å². The molecule has 0 fully saturated rings. The number of thioether (sulfide) groups is 1. The van der Waals surface area contributed by atoms with Crippen LogP contribution < -0.4 is 10.1 Å². The molecular weight excluding hydrogens is 416 g/mol. The van der Waals surface area contributed by atoms with Gasteiger partial charge in [-0.05, 0) is 57.0 Å². The highest BCUT2D eigenvalue weighted by molar-refractivity contribution is 9.10. The fraction of sp³-hybridized carbons (Fsp3) is 0.105. The molecule has 0 spiro atoms. The highest BCUT2D eigenvalue weighted by atomic mass is 79.9. The molecule has 26 heavy (non-hydrogen) atoms. The van der Waals surface area contributed by atoms with Crippen molar-refractivity contribution in [2.24, 2.45) is 4.99 Å². The summed E-state index contributed by atoms with van der Waals surface area (Å²) < 4.78 is 6.61. The van der Waals surface area contributed by atoms with Crippen LogP contribution in [0.25, 0.3) is 6.08 Å². The van der Waals surface area contributed by atoms with Crippen molar-refractivity contribution in [3.05, 3.63) is 69.0 Å². The summed E-state index contributed by atoms with van der Waals surface area (Å²) in [4.78, 5) is 27.2. The number of rotatable bonds is 4. The Bertz CT molecular complexity index is 910. The molecule has 1 heterocycles. The van der Waals surface area contributed by atoms with Crippen molar-refractivity contribution in [2.45, 2.75) is 13.5 Å². The minimum atomic E-state index is -0.362. The Labute approximate surface area is 163 Å². The Morgan fingerprint density at radius 1 is 1.27 bits per heavy atom. The number of nitrogens with zero attached hydrogens (tertiary/aromatic N) is 1. The Hall–Kier alpha value is -2.38. The number of amidine groups is 1. The number of hydrogen-bond acceptors (Lipinski definition) is 4. The molecule has 0 aliphatic carbocycles. The van der Waals surface area contributed by atoms with Gasteiger partial charge in [0.25, 0.3) is 5.91 Å². The summed E-state index contributed by atoms with van der Waals surface area (Å²) >= 11 is 4.64. The summed E-state index contributed by atoms with van der Waals surface area (Å²) in [7, 11) is 0. The third kappa shape index (κ3) is 4.83. The van der Waals surface area contributed by atoms with Gasteiger partial charge in [-0.3, -0.25) is 9.59 Å². The summed E-state index contributed by atoms with van der Waals surface area (Å²) in [5, 5.41) is 2.83. The van der Waals surface area contributed by atoms with Crippen molar-refractivity contribution in [3.63, 3.8) is 0 Å². The molecule has 2 amide bonds. The zero-order valence-corrected chi connectivity index (χ0v) is 16.3. The van der Waals surface area contributed by atoms with Gasteiger partial charge in [-0.15, -0.1) is 0 Å². The van der Waals surface area contributed by atoms with Gasteiger partial charge in [-0.2, -0.15) is 4.99 Å². The second kappa shape index (κ2) is 8.33. The third-order valence-corrected chi connectivity index (χ3v) is 4.91. The second-order valence-corrected chi connectivity index (χ2v) is 7.36. The molecule has 3 rings (SSSR count). The fourth-order valence-corrected chi connectivity index (χ4v) is 3.59. The van der Waals surface area contributed by atoms with Crippen molar-refractivity contribution in [1.29, 1.82) is 0 Å². The van der Waals surface area contributed by atoms with Crippen LogP contribution in [0.1, 0.15) is 18.1 Å². The van der Waals surface area contributed by atoms with Crippen LogP contribution in [0.15, 0.2) is 62.9 Å². The van der Waals surface area contributed by atoms with Crippen LogP contribution in [0.5, 0.6) is 5.75 Å². The molecule has 1 aliphatic heterocycles. The molecule has 0 unspecified atom stereocenters. The van der Waals surface area contributed by atoms with E-state index in [1.54, 1.807) is 6.08 Å². The Morgan fingerprint density at radius 2 is 2.04 bits per heavy atom. The van der Waals surface area contributed by atoms with Crippen molar-refractivity contribution in [1.82, 2.24) is 5.32 Å². The van der Waals surface area contributed by atoms with Crippen LogP contribution in [0.4, 0.5) is 0 Å². The minimum Gasteiger partial charge on any atom is -0.488 e. The van der Waals surface area contributed by atoms with Gasteiger partial charge in [0.2, 0.25) is 5.91 Å². The smallest absolute Gasteiger partial charge is 0.286 e. The summed E-state index contributed by atoms with van der Waals surface area (Å²) in [6.07, 6.45) is 1.73. The molecular formula is C19H15BrN2O3S. The van der Waals surface area contributed by atoms with Crippen LogP contribution >= 0.6 is 27.7 Å². The molecule has 132 valence electrons. The van der Waals surface area contributed by atoms with Crippen LogP contribution in [-0.2, 0) is 16.2 Å². The van der Waals surface area contributed by atoms with Crippen LogP contribution in [0.2, 0.25) is 0 Å². The molecule has 0 bridgehead atoms. The molecule has 0 radical (unpaired) electrons. The average molecular weight is 431 g/mol. The molecule has 7 heteroatoms. The van der Waals surface area contributed by atoms with E-state index in [-0.39, 0.29) is 11.8 Å². The van der Waals surface area contributed by atoms with Crippen molar-refractivity contribution >= 4 is 50.7 Å². The molecule has 1 aliphatic rings. The van der Waals surface area contributed by atoms with E-state index in [4.69, 9.17) is 4.74 Å². The molecule has 2 aromatic rings. The predicted octanol–water partition coefficient (Wildman–Crippen LogP) is 4.13. The first-order valence-electron chi connectivity index (χ1n) is 7.78. The number of benzene rings is 2. The quantitative estimate of drug-likeness (QED) is 0.740. The zero-order valence-electron chi connectivity index (χ0n) is 13.9. The first-order chi connectivity index (χ1) is 12.5. The largest absolute Gasteiger partial charge is 0.488 e. The molecule has 0 atom stereocenters. The molecule has 1 N–H and O–H groups in total. The van der Waals surface area contributed by atoms with Gasteiger partial charge in [0, 0.05) is 6.92 Å². The van der Waals surface area contributed by atoms with Gasteiger partial charge in [0.15, 0.2) is 5.17 Å². The number of halogens is 1. The third-order valence-electron chi connectivity index (χ3n) is 3.39. The number of hydrogen-bond donors (Lipinski definition) is 1. The maximum Gasteiger partial charge on any atom is 0.286 e. The summed E-state index contributed by atoms with van der Waals surface area (Å²) in [6, 6.07) is 15.5. The summed E-state index contributed by atoms with van der Waals surface area (Å²) in [6.45, 7) is 1.85. The first-order valence-corrected chi connectivity index (χ1v) is 9.38. The highest BCUT2D eigenvalue weighted by Gasteiger charge is 2.22. The first kappa shape index (κ1) is 18.4. The maximum absolute atomic E-state index is 11.9. The van der Waals surface area contributed by atoms with Gasteiger partial charge >= 0.3 is 0 Å². The summed E-state index contributed by atoms with van der Waals surface area (Å²) in [5.74, 6) is 0.101. The zero-order chi connectivity index (χ0) is 18.5. The number of carbonyl (C=O) groups excluding carboxylic acids is 2. The number of nitrogens with one attached hydrogen (secondary N) is 1. The van der Waals surface area contributed by atoms with E-state index in [0.717, 1.165) is 33.1 Å². The Balaban J connectivity index is 1.68. The lowest BCUT2D eigenvalue weighted by Gasteiger charge is -2.09. The summed E-state index contributed by atoms with van der Waals surface area (Å²) in [5.41, 5.74) is 1.92. The number of amides is 2. The maximum atomic E-state index is 11.9. The normalized spacial score (nSPS) is 15.1. The fourth-order valence-electron chi connectivity index (χ4n) is 2.22. The Morgan fingerprint density at radius 3 is 2.73 bits per heavy atom. The molecule has 0 aromatic heterocycles. The van der Waals surface area contributed by atoms with Crippen LogP contribution in [-0.4, -0.2) is 17.0 Å². The van der Waals surface area contributed by atoms with E-state index < -0.39 is 0 Å². The predicted molar refractivity (Wildman–Crippen MR) is 107 cm³/mol. The number of ether oxygens (including phenoxy) is 1. The van der Waals surface area contributed by atoms with E-state index in [9.17, 15) is 9.59 Å². The molecule has 2 aromatic carbocycles.